The summed E-state index contributed by atoms with van der Waals surface area (Å²) in [5.41, 5.74) is 0.171. The van der Waals surface area contributed by atoms with Gasteiger partial charge in [0.2, 0.25) is 6.23 Å². The van der Waals surface area contributed by atoms with Gasteiger partial charge in [0.1, 0.15) is 11.9 Å². The van der Waals surface area contributed by atoms with E-state index in [1.807, 2.05) is 0 Å². The first-order chi connectivity index (χ1) is 17.4. The molecule has 1 fully saturated rings. The number of esters is 1. The molecule has 37 heavy (non-hydrogen) atoms. The number of ether oxygens (including phenoxy) is 1. The van der Waals surface area contributed by atoms with Crippen LogP contribution in [0.5, 0.6) is 0 Å². The lowest BCUT2D eigenvalue weighted by Gasteiger charge is -2.37. The quantitative estimate of drug-likeness (QED) is 0.390. The van der Waals surface area contributed by atoms with E-state index in [0.717, 1.165) is 18.9 Å². The molecule has 1 heterocycles. The standard InChI is InChI=1S/C28H34F3N3O3/c1-16(2)19-12-10-17(3)14-24(19)37-27(36)26(35)34-23-9-7-6-8-21(23)32-25(34)18-11-13-22(33(4)5)20(15-18)28(29,30)31/h6-9,11,13,15-17,19,24,26,35H,10,12,14H2,1-5H3/t17-,19?,24-,26-/m1/s1. The van der Waals surface area contributed by atoms with Crippen LogP contribution >= 0.6 is 0 Å². The Labute approximate surface area is 215 Å². The summed E-state index contributed by atoms with van der Waals surface area (Å²) in [6, 6.07) is 10.7. The maximum Gasteiger partial charge on any atom is 0.418 e. The molecule has 0 saturated heterocycles. The number of rotatable bonds is 6. The minimum atomic E-state index is -4.60. The summed E-state index contributed by atoms with van der Waals surface area (Å²) >= 11 is 0. The minimum Gasteiger partial charge on any atom is -0.459 e. The number of aromatic nitrogens is 2. The first-order valence-electron chi connectivity index (χ1n) is 12.6. The van der Waals surface area contributed by atoms with Gasteiger partial charge in [-0.15, -0.1) is 0 Å². The van der Waals surface area contributed by atoms with Crippen LogP contribution in [0.15, 0.2) is 42.5 Å². The molecule has 4 atom stereocenters. The van der Waals surface area contributed by atoms with Gasteiger partial charge in [0, 0.05) is 25.3 Å². The number of benzene rings is 2. The number of nitrogens with zero attached hydrogens (tertiary/aromatic N) is 3. The summed E-state index contributed by atoms with van der Waals surface area (Å²) in [5.74, 6) is 0.0990. The third-order valence-electron chi connectivity index (χ3n) is 7.32. The number of aliphatic hydroxyl groups excluding tert-OH is 1. The first-order valence-corrected chi connectivity index (χ1v) is 12.6. The topological polar surface area (TPSA) is 67.6 Å². The van der Waals surface area contributed by atoms with Crippen molar-refractivity contribution in [1.82, 2.24) is 9.55 Å². The van der Waals surface area contributed by atoms with Crippen molar-refractivity contribution in [3.63, 3.8) is 0 Å². The Morgan fingerprint density at radius 3 is 2.51 bits per heavy atom. The SMILES string of the molecule is CC(C)C1CC[C@@H](C)C[C@H]1OC(=O)[C@@H](O)n1c(-c2ccc(N(C)C)c(C(F)(F)F)c2)nc2ccccc21. The lowest BCUT2D eigenvalue weighted by Crippen LogP contribution is -2.37. The van der Waals surface area contributed by atoms with Gasteiger partial charge >= 0.3 is 12.1 Å². The molecule has 3 aromatic rings. The second-order valence-electron chi connectivity index (χ2n) is 10.6. The third-order valence-corrected chi connectivity index (χ3v) is 7.32. The van der Waals surface area contributed by atoms with E-state index < -0.39 is 23.9 Å². The van der Waals surface area contributed by atoms with Crippen molar-refractivity contribution in [2.24, 2.45) is 17.8 Å². The summed E-state index contributed by atoms with van der Waals surface area (Å²) in [6.45, 7) is 6.30. The van der Waals surface area contributed by atoms with Crippen LogP contribution < -0.4 is 4.90 Å². The number of fused-ring (bicyclic) bond motifs is 1. The number of aliphatic hydroxyl groups is 1. The molecule has 1 unspecified atom stereocenters. The van der Waals surface area contributed by atoms with Gasteiger partial charge in [0.15, 0.2) is 0 Å². The van der Waals surface area contributed by atoms with E-state index in [0.29, 0.717) is 29.3 Å². The van der Waals surface area contributed by atoms with Crippen molar-refractivity contribution in [3.05, 3.63) is 48.0 Å². The molecule has 1 aliphatic carbocycles. The second-order valence-corrected chi connectivity index (χ2v) is 10.6. The van der Waals surface area contributed by atoms with Crippen LogP contribution in [0.2, 0.25) is 0 Å². The van der Waals surface area contributed by atoms with Gasteiger partial charge in [-0.3, -0.25) is 4.57 Å². The van der Waals surface area contributed by atoms with E-state index in [2.05, 4.69) is 25.8 Å². The van der Waals surface area contributed by atoms with E-state index in [-0.39, 0.29) is 29.1 Å². The summed E-state index contributed by atoms with van der Waals surface area (Å²) in [4.78, 5) is 19.2. The van der Waals surface area contributed by atoms with Crippen molar-refractivity contribution in [2.75, 3.05) is 19.0 Å². The molecule has 0 spiro atoms. The lowest BCUT2D eigenvalue weighted by atomic mass is 9.75. The molecule has 1 aliphatic rings. The van der Waals surface area contributed by atoms with Crippen molar-refractivity contribution in [2.45, 2.75) is 58.5 Å². The van der Waals surface area contributed by atoms with Crippen molar-refractivity contribution < 1.29 is 27.8 Å². The lowest BCUT2D eigenvalue weighted by molar-refractivity contribution is -0.170. The Balaban J connectivity index is 1.76. The Morgan fingerprint density at radius 1 is 1.16 bits per heavy atom. The fourth-order valence-corrected chi connectivity index (χ4v) is 5.35. The highest BCUT2D eigenvalue weighted by Gasteiger charge is 2.37. The number of imidazole rings is 1. The number of alkyl halides is 3. The predicted molar refractivity (Wildman–Crippen MR) is 137 cm³/mol. The minimum absolute atomic E-state index is 0.00464. The molecular formula is C28H34F3N3O3. The highest BCUT2D eigenvalue weighted by atomic mass is 19.4. The number of hydrogen-bond donors (Lipinski definition) is 1. The summed E-state index contributed by atoms with van der Waals surface area (Å²) < 4.78 is 48.9. The molecular weight excluding hydrogens is 483 g/mol. The van der Waals surface area contributed by atoms with Crippen LogP contribution in [0, 0.1) is 17.8 Å². The average molecular weight is 518 g/mol. The highest BCUT2D eigenvalue weighted by molar-refractivity contribution is 5.84. The smallest absolute Gasteiger partial charge is 0.418 e. The van der Waals surface area contributed by atoms with Gasteiger partial charge in [0.25, 0.3) is 0 Å². The van der Waals surface area contributed by atoms with Crippen LogP contribution in [-0.2, 0) is 15.7 Å². The molecule has 1 saturated carbocycles. The van der Waals surface area contributed by atoms with E-state index in [9.17, 15) is 23.1 Å². The van der Waals surface area contributed by atoms with E-state index in [1.165, 1.54) is 35.7 Å². The molecule has 0 aliphatic heterocycles. The molecule has 0 amide bonds. The molecule has 200 valence electrons. The zero-order valence-electron chi connectivity index (χ0n) is 21.8. The molecule has 1 aromatic heterocycles. The van der Waals surface area contributed by atoms with Gasteiger partial charge in [-0.2, -0.15) is 13.2 Å². The fraction of sp³-hybridized carbons (Fsp3) is 0.500. The van der Waals surface area contributed by atoms with Crippen LogP contribution in [0.4, 0.5) is 18.9 Å². The van der Waals surface area contributed by atoms with Crippen LogP contribution in [0.3, 0.4) is 0 Å². The third kappa shape index (κ3) is 5.46. The molecule has 4 rings (SSSR count). The Bertz CT molecular complexity index is 1270. The van der Waals surface area contributed by atoms with E-state index in [1.54, 1.807) is 24.3 Å². The van der Waals surface area contributed by atoms with Crippen LogP contribution in [-0.4, -0.2) is 40.8 Å². The molecule has 9 heteroatoms. The predicted octanol–water partition coefficient (Wildman–Crippen LogP) is 6.28. The summed E-state index contributed by atoms with van der Waals surface area (Å²) in [6.07, 6.45) is -4.01. The van der Waals surface area contributed by atoms with Crippen molar-refractivity contribution >= 4 is 22.7 Å². The fourth-order valence-electron chi connectivity index (χ4n) is 5.35. The van der Waals surface area contributed by atoms with E-state index >= 15 is 0 Å². The molecule has 0 radical (unpaired) electrons. The number of carbonyl (C=O) groups is 1. The van der Waals surface area contributed by atoms with Crippen LogP contribution in [0.25, 0.3) is 22.4 Å². The second kappa shape index (κ2) is 10.4. The van der Waals surface area contributed by atoms with Crippen molar-refractivity contribution in [3.8, 4) is 11.4 Å². The molecule has 0 bridgehead atoms. The molecule has 2 aromatic carbocycles. The van der Waals surface area contributed by atoms with Crippen LogP contribution in [0.1, 0.15) is 51.8 Å². The number of carbonyl (C=O) groups excluding carboxylic acids is 1. The summed E-state index contributed by atoms with van der Waals surface area (Å²) in [5, 5.41) is 11.2. The number of para-hydroxylation sites is 2. The van der Waals surface area contributed by atoms with Gasteiger partial charge in [0.05, 0.1) is 16.6 Å². The maximum atomic E-state index is 13.9. The zero-order chi connectivity index (χ0) is 27.1. The van der Waals surface area contributed by atoms with Gasteiger partial charge in [-0.25, -0.2) is 9.78 Å². The van der Waals surface area contributed by atoms with Crippen molar-refractivity contribution in [1.29, 1.82) is 0 Å². The number of anilines is 1. The monoisotopic (exact) mass is 517 g/mol. The van der Waals surface area contributed by atoms with Gasteiger partial charge in [-0.05, 0) is 60.9 Å². The molecule has 1 N–H and O–H groups in total. The Kier molecular flexibility index (Phi) is 7.55. The Hall–Kier alpha value is -3.07. The Morgan fingerprint density at radius 2 is 1.86 bits per heavy atom. The normalized spacial score (nSPS) is 21.3. The average Bonchev–Trinajstić information content (AvgIpc) is 3.22. The van der Waals surface area contributed by atoms with E-state index in [4.69, 9.17) is 4.74 Å². The van der Waals surface area contributed by atoms with Gasteiger partial charge in [-0.1, -0.05) is 39.3 Å². The zero-order valence-corrected chi connectivity index (χ0v) is 21.8. The maximum absolute atomic E-state index is 13.9. The summed E-state index contributed by atoms with van der Waals surface area (Å²) in [7, 11) is 3.07. The number of hydrogen-bond acceptors (Lipinski definition) is 5. The van der Waals surface area contributed by atoms with Gasteiger partial charge < -0.3 is 14.7 Å². The molecule has 6 nitrogen and oxygen atoms in total. The number of halogens is 3. The first kappa shape index (κ1) is 27.0. The highest BCUT2D eigenvalue weighted by Crippen LogP contribution is 2.40. The largest absolute Gasteiger partial charge is 0.459 e.